The molecule has 0 aliphatic heterocycles. The highest BCUT2D eigenvalue weighted by atomic mass is 32.2. The van der Waals surface area contributed by atoms with Gasteiger partial charge >= 0.3 is 5.97 Å². The number of benzene rings is 3. The molecular formula is C29H32O6S. The Labute approximate surface area is 212 Å². The third kappa shape index (κ3) is 6.08. The van der Waals surface area contributed by atoms with Gasteiger partial charge in [0, 0.05) is 0 Å². The van der Waals surface area contributed by atoms with Crippen LogP contribution in [0.5, 0.6) is 11.5 Å². The molecule has 0 bridgehead atoms. The molecule has 0 spiro atoms. The second-order valence-electron chi connectivity index (χ2n) is 9.41. The summed E-state index contributed by atoms with van der Waals surface area (Å²) in [5.41, 5.74) is 3.75. The number of aryl methyl sites for hydroxylation is 2. The zero-order chi connectivity index (χ0) is 25.7. The van der Waals surface area contributed by atoms with Crippen LogP contribution in [-0.2, 0) is 21.2 Å². The van der Waals surface area contributed by atoms with Crippen molar-refractivity contribution in [1.29, 1.82) is 0 Å². The third-order valence-corrected chi connectivity index (χ3v) is 8.46. The number of carboxylic acids is 1. The Morgan fingerprint density at radius 1 is 0.833 bits per heavy atom. The molecule has 0 amide bonds. The van der Waals surface area contributed by atoms with Gasteiger partial charge < -0.3 is 14.6 Å². The van der Waals surface area contributed by atoms with E-state index in [9.17, 15) is 13.2 Å². The van der Waals surface area contributed by atoms with E-state index in [2.05, 4.69) is 24.3 Å². The smallest absolute Gasteiger partial charge is 0.341 e. The molecule has 4 rings (SSSR count). The molecule has 1 aliphatic carbocycles. The summed E-state index contributed by atoms with van der Waals surface area (Å²) in [6.45, 7) is 3.43. The Hall–Kier alpha value is -3.32. The zero-order valence-corrected chi connectivity index (χ0v) is 21.5. The number of carbonyl (C=O) groups is 1. The van der Waals surface area contributed by atoms with E-state index >= 15 is 0 Å². The van der Waals surface area contributed by atoms with Crippen molar-refractivity contribution in [2.24, 2.45) is 0 Å². The first-order valence-electron chi connectivity index (χ1n) is 12.3. The quantitative estimate of drug-likeness (QED) is 0.369. The van der Waals surface area contributed by atoms with E-state index in [0.717, 1.165) is 11.1 Å². The van der Waals surface area contributed by atoms with Crippen molar-refractivity contribution in [3.63, 3.8) is 0 Å². The molecule has 190 valence electrons. The fraction of sp³-hybridized carbons (Fsp3) is 0.345. The lowest BCUT2D eigenvalue weighted by Crippen LogP contribution is -2.10. The highest BCUT2D eigenvalue weighted by Crippen LogP contribution is 2.33. The second-order valence-corrected chi connectivity index (χ2v) is 11.4. The number of hydrogen-bond donors (Lipinski definition) is 1. The number of carboxylic acid groups (broad SMARTS) is 1. The Kier molecular flexibility index (Phi) is 7.99. The molecule has 0 aromatic heterocycles. The van der Waals surface area contributed by atoms with Gasteiger partial charge in [0.1, 0.15) is 18.1 Å². The zero-order valence-electron chi connectivity index (χ0n) is 20.7. The normalized spacial score (nSPS) is 14.4. The largest absolute Gasteiger partial charge is 0.489 e. The fourth-order valence-corrected chi connectivity index (χ4v) is 6.09. The minimum atomic E-state index is -3.76. The average molecular weight is 509 g/mol. The number of sulfone groups is 1. The molecule has 0 atom stereocenters. The molecule has 36 heavy (non-hydrogen) atoms. The highest BCUT2D eigenvalue weighted by molar-refractivity contribution is 7.91. The predicted octanol–water partition coefficient (Wildman–Crippen LogP) is 6.23. The molecule has 7 heteroatoms. The lowest BCUT2D eigenvalue weighted by molar-refractivity contribution is -0.139. The third-order valence-electron chi connectivity index (χ3n) is 6.72. The van der Waals surface area contributed by atoms with Crippen LogP contribution in [0.15, 0.2) is 70.5 Å². The summed E-state index contributed by atoms with van der Waals surface area (Å²) in [4.78, 5) is 11.0. The van der Waals surface area contributed by atoms with Crippen LogP contribution in [0.2, 0.25) is 0 Å². The molecule has 1 saturated carbocycles. The number of ether oxygens (including phenoxy) is 2. The van der Waals surface area contributed by atoms with E-state index in [-0.39, 0.29) is 9.79 Å². The summed E-state index contributed by atoms with van der Waals surface area (Å²) in [6.07, 6.45) is 6.51. The molecular weight excluding hydrogens is 476 g/mol. The Balaban J connectivity index is 1.43. The average Bonchev–Trinajstić information content (AvgIpc) is 2.88. The van der Waals surface area contributed by atoms with Crippen molar-refractivity contribution in [2.75, 3.05) is 6.61 Å². The summed E-state index contributed by atoms with van der Waals surface area (Å²) in [7, 11) is -3.76. The van der Waals surface area contributed by atoms with E-state index < -0.39 is 22.4 Å². The maximum Gasteiger partial charge on any atom is 0.341 e. The van der Waals surface area contributed by atoms with Crippen molar-refractivity contribution in [2.45, 2.75) is 68.3 Å². The first-order chi connectivity index (χ1) is 17.2. The standard InChI is InChI=1S/C29H32O6S/c1-20-16-25(36(32,33)26-13-15-28(21(2)17-26)35-19-29(30)31)12-14-27(20)34-18-22-8-10-24(11-9-22)23-6-4-3-5-7-23/h8-17,23H,3-7,18-19H2,1-2H3,(H,30,31). The molecule has 3 aromatic rings. The lowest BCUT2D eigenvalue weighted by atomic mass is 9.84. The SMILES string of the molecule is Cc1cc(S(=O)(=O)c2ccc(OCc3ccc(C4CCCCC4)cc3)c(C)c2)ccc1OCC(=O)O. The Morgan fingerprint density at radius 3 is 1.92 bits per heavy atom. The van der Waals surface area contributed by atoms with Crippen molar-refractivity contribution in [1.82, 2.24) is 0 Å². The summed E-state index contributed by atoms with van der Waals surface area (Å²) < 4.78 is 37.6. The van der Waals surface area contributed by atoms with E-state index in [1.165, 1.54) is 55.9 Å². The topological polar surface area (TPSA) is 89.9 Å². The van der Waals surface area contributed by atoms with Gasteiger partial charge in [-0.3, -0.25) is 0 Å². The number of hydrogen-bond acceptors (Lipinski definition) is 5. The minimum absolute atomic E-state index is 0.119. The van der Waals surface area contributed by atoms with Crippen LogP contribution in [0.1, 0.15) is 60.3 Å². The monoisotopic (exact) mass is 508 g/mol. The molecule has 0 radical (unpaired) electrons. The fourth-order valence-electron chi connectivity index (χ4n) is 4.66. The van der Waals surface area contributed by atoms with Crippen LogP contribution in [0.25, 0.3) is 0 Å². The van der Waals surface area contributed by atoms with Gasteiger partial charge in [-0.05, 0) is 91.3 Å². The van der Waals surface area contributed by atoms with Crippen molar-refractivity contribution >= 4 is 15.8 Å². The Bertz CT molecular complexity index is 1320. The summed E-state index contributed by atoms with van der Waals surface area (Å²) in [6, 6.07) is 17.9. The van der Waals surface area contributed by atoms with Gasteiger partial charge in [-0.1, -0.05) is 43.5 Å². The van der Waals surface area contributed by atoms with Crippen molar-refractivity contribution in [3.05, 3.63) is 82.9 Å². The molecule has 6 nitrogen and oxygen atoms in total. The number of rotatable bonds is 9. The van der Waals surface area contributed by atoms with Crippen LogP contribution >= 0.6 is 0 Å². The van der Waals surface area contributed by atoms with Crippen LogP contribution in [-0.4, -0.2) is 26.1 Å². The second kappa shape index (κ2) is 11.2. The Morgan fingerprint density at radius 2 is 1.39 bits per heavy atom. The molecule has 0 heterocycles. The first-order valence-corrected chi connectivity index (χ1v) is 13.7. The van der Waals surface area contributed by atoms with Gasteiger partial charge in [0.15, 0.2) is 6.61 Å². The maximum atomic E-state index is 13.2. The van der Waals surface area contributed by atoms with E-state index in [0.29, 0.717) is 29.6 Å². The van der Waals surface area contributed by atoms with E-state index in [1.54, 1.807) is 25.1 Å². The first kappa shape index (κ1) is 25.8. The summed E-state index contributed by atoms with van der Waals surface area (Å²) >= 11 is 0. The van der Waals surface area contributed by atoms with E-state index in [4.69, 9.17) is 14.6 Å². The van der Waals surface area contributed by atoms with Crippen LogP contribution in [0, 0.1) is 13.8 Å². The van der Waals surface area contributed by atoms with Gasteiger partial charge in [0.2, 0.25) is 9.84 Å². The number of aliphatic carboxylic acids is 1. The van der Waals surface area contributed by atoms with Gasteiger partial charge in [0.25, 0.3) is 0 Å². The lowest BCUT2D eigenvalue weighted by Gasteiger charge is -2.22. The molecule has 3 aromatic carbocycles. The molecule has 1 N–H and O–H groups in total. The maximum absolute atomic E-state index is 13.2. The predicted molar refractivity (Wildman–Crippen MR) is 138 cm³/mol. The minimum Gasteiger partial charge on any atom is -0.489 e. The van der Waals surface area contributed by atoms with Gasteiger partial charge in [-0.15, -0.1) is 0 Å². The summed E-state index contributed by atoms with van der Waals surface area (Å²) in [5.74, 6) is 0.546. The summed E-state index contributed by atoms with van der Waals surface area (Å²) in [5, 5.41) is 8.78. The van der Waals surface area contributed by atoms with Gasteiger partial charge in [-0.25, -0.2) is 13.2 Å². The van der Waals surface area contributed by atoms with Crippen LogP contribution in [0.4, 0.5) is 0 Å². The van der Waals surface area contributed by atoms with Gasteiger partial charge in [0.05, 0.1) is 9.79 Å². The molecule has 0 saturated heterocycles. The molecule has 0 unspecified atom stereocenters. The van der Waals surface area contributed by atoms with Gasteiger partial charge in [-0.2, -0.15) is 0 Å². The molecule has 1 fully saturated rings. The van der Waals surface area contributed by atoms with Crippen LogP contribution < -0.4 is 9.47 Å². The van der Waals surface area contributed by atoms with Crippen molar-refractivity contribution in [3.8, 4) is 11.5 Å². The van der Waals surface area contributed by atoms with Crippen LogP contribution in [0.3, 0.4) is 0 Å². The molecule has 1 aliphatic rings. The van der Waals surface area contributed by atoms with E-state index in [1.807, 2.05) is 6.92 Å². The van der Waals surface area contributed by atoms with Crippen molar-refractivity contribution < 1.29 is 27.8 Å². The highest BCUT2D eigenvalue weighted by Gasteiger charge is 2.20.